The SMILES string of the molecule is CCOc1ccc2nc(C(C)C)c(NN)cc2c1. The molecule has 2 rings (SSSR count). The molecule has 96 valence electrons. The third-order valence-electron chi connectivity index (χ3n) is 2.83. The van der Waals surface area contributed by atoms with E-state index in [1.54, 1.807) is 0 Å². The first kappa shape index (κ1) is 12.6. The summed E-state index contributed by atoms with van der Waals surface area (Å²) in [6.07, 6.45) is 0. The van der Waals surface area contributed by atoms with Crippen LogP contribution >= 0.6 is 0 Å². The Morgan fingerprint density at radius 1 is 1.33 bits per heavy atom. The van der Waals surface area contributed by atoms with Gasteiger partial charge in [0.15, 0.2) is 0 Å². The van der Waals surface area contributed by atoms with Crippen LogP contribution in [0, 0.1) is 0 Å². The Labute approximate surface area is 107 Å². The zero-order valence-electron chi connectivity index (χ0n) is 11.0. The highest BCUT2D eigenvalue weighted by Crippen LogP contribution is 2.28. The van der Waals surface area contributed by atoms with Crippen molar-refractivity contribution in [3.63, 3.8) is 0 Å². The average molecular weight is 245 g/mol. The van der Waals surface area contributed by atoms with Crippen LogP contribution in [0.5, 0.6) is 5.75 Å². The van der Waals surface area contributed by atoms with Gasteiger partial charge in [-0.25, -0.2) is 0 Å². The smallest absolute Gasteiger partial charge is 0.120 e. The zero-order chi connectivity index (χ0) is 13.1. The van der Waals surface area contributed by atoms with E-state index in [0.717, 1.165) is 28.0 Å². The van der Waals surface area contributed by atoms with E-state index in [-0.39, 0.29) is 0 Å². The lowest BCUT2D eigenvalue weighted by atomic mass is 10.1. The van der Waals surface area contributed by atoms with Crippen molar-refractivity contribution < 1.29 is 4.74 Å². The number of benzene rings is 1. The maximum absolute atomic E-state index is 5.55. The summed E-state index contributed by atoms with van der Waals surface area (Å²) < 4.78 is 5.49. The number of pyridine rings is 1. The van der Waals surface area contributed by atoms with Gasteiger partial charge in [-0.05, 0) is 37.1 Å². The van der Waals surface area contributed by atoms with Crippen molar-refractivity contribution in [1.29, 1.82) is 0 Å². The number of hydrazine groups is 1. The largest absolute Gasteiger partial charge is 0.494 e. The van der Waals surface area contributed by atoms with Gasteiger partial charge in [0.25, 0.3) is 0 Å². The number of hydrogen-bond acceptors (Lipinski definition) is 4. The summed E-state index contributed by atoms with van der Waals surface area (Å²) in [5, 5.41) is 1.03. The Kier molecular flexibility index (Phi) is 3.67. The van der Waals surface area contributed by atoms with Gasteiger partial charge in [0.05, 0.1) is 23.5 Å². The van der Waals surface area contributed by atoms with Crippen molar-refractivity contribution >= 4 is 16.6 Å². The highest BCUT2D eigenvalue weighted by Gasteiger charge is 2.10. The number of rotatable bonds is 4. The molecule has 0 saturated carbocycles. The molecule has 0 fully saturated rings. The molecule has 1 aromatic carbocycles. The fourth-order valence-corrected chi connectivity index (χ4v) is 1.98. The molecule has 0 unspecified atom stereocenters. The fraction of sp³-hybridized carbons (Fsp3) is 0.357. The van der Waals surface area contributed by atoms with E-state index < -0.39 is 0 Å². The van der Waals surface area contributed by atoms with E-state index >= 15 is 0 Å². The lowest BCUT2D eigenvalue weighted by Gasteiger charge is -2.13. The van der Waals surface area contributed by atoms with Crippen molar-refractivity contribution in [2.24, 2.45) is 5.84 Å². The molecule has 0 amide bonds. The first-order valence-electron chi connectivity index (χ1n) is 6.19. The minimum absolute atomic E-state index is 0.326. The maximum Gasteiger partial charge on any atom is 0.120 e. The number of nitrogens with zero attached hydrogens (tertiary/aromatic N) is 1. The third-order valence-corrected chi connectivity index (χ3v) is 2.83. The molecule has 4 heteroatoms. The van der Waals surface area contributed by atoms with Crippen LogP contribution in [0.4, 0.5) is 5.69 Å². The van der Waals surface area contributed by atoms with Crippen molar-refractivity contribution in [2.75, 3.05) is 12.0 Å². The molecule has 0 aliphatic heterocycles. The Morgan fingerprint density at radius 3 is 2.72 bits per heavy atom. The van der Waals surface area contributed by atoms with Gasteiger partial charge in [-0.1, -0.05) is 13.8 Å². The van der Waals surface area contributed by atoms with Crippen LogP contribution in [0.15, 0.2) is 24.3 Å². The molecule has 18 heavy (non-hydrogen) atoms. The van der Waals surface area contributed by atoms with E-state index in [1.807, 2.05) is 31.2 Å². The zero-order valence-corrected chi connectivity index (χ0v) is 11.0. The van der Waals surface area contributed by atoms with Gasteiger partial charge < -0.3 is 10.2 Å². The summed E-state index contributed by atoms with van der Waals surface area (Å²) in [6.45, 7) is 6.83. The number of aromatic nitrogens is 1. The Morgan fingerprint density at radius 2 is 2.11 bits per heavy atom. The lowest BCUT2D eigenvalue weighted by molar-refractivity contribution is 0.340. The summed E-state index contributed by atoms with van der Waals surface area (Å²) in [5.41, 5.74) is 5.52. The summed E-state index contributed by atoms with van der Waals surface area (Å²) >= 11 is 0. The average Bonchev–Trinajstić information content (AvgIpc) is 2.37. The van der Waals surface area contributed by atoms with Crippen molar-refractivity contribution in [1.82, 2.24) is 4.98 Å². The number of hydrogen-bond donors (Lipinski definition) is 2. The Hall–Kier alpha value is -1.81. The van der Waals surface area contributed by atoms with Crippen molar-refractivity contribution in [3.05, 3.63) is 30.0 Å². The highest BCUT2D eigenvalue weighted by atomic mass is 16.5. The summed E-state index contributed by atoms with van der Waals surface area (Å²) in [4.78, 5) is 4.65. The van der Waals surface area contributed by atoms with E-state index in [4.69, 9.17) is 10.6 Å². The van der Waals surface area contributed by atoms with E-state index in [2.05, 4.69) is 24.3 Å². The van der Waals surface area contributed by atoms with Gasteiger partial charge in [-0.3, -0.25) is 10.8 Å². The molecule has 0 saturated heterocycles. The second kappa shape index (κ2) is 5.23. The van der Waals surface area contributed by atoms with Crippen LogP contribution in [0.25, 0.3) is 10.9 Å². The van der Waals surface area contributed by atoms with Gasteiger partial charge in [0.2, 0.25) is 0 Å². The number of nitrogen functional groups attached to an aromatic ring is 1. The predicted molar refractivity (Wildman–Crippen MR) is 74.8 cm³/mol. The molecular weight excluding hydrogens is 226 g/mol. The third kappa shape index (κ3) is 2.38. The summed E-state index contributed by atoms with van der Waals surface area (Å²) in [5.74, 6) is 6.73. The Balaban J connectivity index is 2.56. The second-order valence-electron chi connectivity index (χ2n) is 4.51. The van der Waals surface area contributed by atoms with Gasteiger partial charge >= 0.3 is 0 Å². The number of anilines is 1. The van der Waals surface area contributed by atoms with Gasteiger partial charge in [0.1, 0.15) is 5.75 Å². The monoisotopic (exact) mass is 245 g/mol. The number of ether oxygens (including phenoxy) is 1. The molecule has 2 aromatic rings. The minimum Gasteiger partial charge on any atom is -0.494 e. The van der Waals surface area contributed by atoms with Crippen molar-refractivity contribution in [2.45, 2.75) is 26.7 Å². The normalized spacial score (nSPS) is 10.9. The number of nitrogens with two attached hydrogens (primary N) is 1. The van der Waals surface area contributed by atoms with Crippen LogP contribution in [-0.4, -0.2) is 11.6 Å². The van der Waals surface area contributed by atoms with Crippen LogP contribution in [-0.2, 0) is 0 Å². The first-order valence-corrected chi connectivity index (χ1v) is 6.19. The van der Waals surface area contributed by atoms with E-state index in [0.29, 0.717) is 12.5 Å². The fourth-order valence-electron chi connectivity index (χ4n) is 1.98. The molecule has 4 nitrogen and oxygen atoms in total. The predicted octanol–water partition coefficient (Wildman–Crippen LogP) is 3.04. The molecule has 0 radical (unpaired) electrons. The van der Waals surface area contributed by atoms with E-state index in [9.17, 15) is 0 Å². The molecule has 3 N–H and O–H groups in total. The quantitative estimate of drug-likeness (QED) is 0.642. The molecule has 1 heterocycles. The molecule has 1 aromatic heterocycles. The second-order valence-corrected chi connectivity index (χ2v) is 4.51. The molecule has 0 bridgehead atoms. The number of nitrogens with one attached hydrogen (secondary N) is 1. The van der Waals surface area contributed by atoms with E-state index in [1.165, 1.54) is 0 Å². The van der Waals surface area contributed by atoms with Crippen LogP contribution in [0.1, 0.15) is 32.4 Å². The first-order chi connectivity index (χ1) is 8.65. The van der Waals surface area contributed by atoms with Crippen molar-refractivity contribution in [3.8, 4) is 5.75 Å². The molecule has 0 aliphatic carbocycles. The minimum atomic E-state index is 0.326. The topological polar surface area (TPSA) is 60.2 Å². The van der Waals surface area contributed by atoms with Gasteiger partial charge in [0, 0.05) is 5.39 Å². The standard InChI is InChI=1S/C14H19N3O/c1-4-18-11-5-6-12-10(7-11)8-13(17-15)14(16-12)9(2)3/h5-9,17H,4,15H2,1-3H3. The van der Waals surface area contributed by atoms with Crippen LogP contribution in [0.3, 0.4) is 0 Å². The molecule has 0 spiro atoms. The molecule has 0 atom stereocenters. The Bertz CT molecular complexity index is 552. The van der Waals surface area contributed by atoms with Gasteiger partial charge in [-0.2, -0.15) is 0 Å². The van der Waals surface area contributed by atoms with Crippen LogP contribution in [0.2, 0.25) is 0 Å². The lowest BCUT2D eigenvalue weighted by Crippen LogP contribution is -2.11. The highest BCUT2D eigenvalue weighted by molar-refractivity contribution is 5.84. The molecule has 0 aliphatic rings. The summed E-state index contributed by atoms with van der Waals surface area (Å²) in [6, 6.07) is 7.92. The summed E-state index contributed by atoms with van der Waals surface area (Å²) in [7, 11) is 0. The molecular formula is C14H19N3O. The van der Waals surface area contributed by atoms with Gasteiger partial charge in [-0.15, -0.1) is 0 Å². The van der Waals surface area contributed by atoms with Crippen LogP contribution < -0.4 is 16.0 Å². The number of fused-ring (bicyclic) bond motifs is 1. The maximum atomic E-state index is 5.55.